The van der Waals surface area contributed by atoms with Crippen molar-refractivity contribution in [2.75, 3.05) is 14.1 Å². The molecule has 2 rings (SSSR count). The normalized spacial score (nSPS) is 20.1. The standard InChI is InChI=1S/C19H26ClN3O5/c1-22(2)18(26)13-4-3-5-15(10-13)23(19(27)28)21-17(25)11-16(24)12-6-8-14(20)9-7-12/h6-9,13,15-16,24H,3-5,10-11H2,1-2H3,(H,21,25)(H,27,28)/t13-,15?,16?/m0/s1. The summed E-state index contributed by atoms with van der Waals surface area (Å²) < 4.78 is 0. The summed E-state index contributed by atoms with van der Waals surface area (Å²) in [5.74, 6) is -0.933. The predicted molar refractivity (Wildman–Crippen MR) is 103 cm³/mol. The van der Waals surface area contributed by atoms with Gasteiger partial charge >= 0.3 is 6.09 Å². The molecule has 154 valence electrons. The molecule has 0 radical (unpaired) electrons. The Bertz CT molecular complexity index is 710. The molecule has 0 bridgehead atoms. The summed E-state index contributed by atoms with van der Waals surface area (Å²) in [6.07, 6.45) is -0.364. The van der Waals surface area contributed by atoms with E-state index in [4.69, 9.17) is 11.6 Å². The SMILES string of the molecule is CN(C)C(=O)[C@H]1CCCC(N(NC(=O)CC(O)c2ccc(Cl)cc2)C(=O)O)C1. The zero-order valence-electron chi connectivity index (χ0n) is 16.0. The number of hydrogen-bond donors (Lipinski definition) is 3. The van der Waals surface area contributed by atoms with Crippen LogP contribution in [-0.2, 0) is 9.59 Å². The zero-order valence-corrected chi connectivity index (χ0v) is 16.7. The summed E-state index contributed by atoms with van der Waals surface area (Å²) in [6, 6.07) is 5.93. The number of nitrogens with zero attached hydrogens (tertiary/aromatic N) is 2. The lowest BCUT2D eigenvalue weighted by Crippen LogP contribution is -2.53. The molecule has 0 aromatic heterocycles. The second-order valence-electron chi connectivity index (χ2n) is 7.21. The fourth-order valence-electron chi connectivity index (χ4n) is 3.44. The number of carboxylic acid groups (broad SMARTS) is 1. The highest BCUT2D eigenvalue weighted by Gasteiger charge is 2.34. The van der Waals surface area contributed by atoms with Crippen LogP contribution in [0.25, 0.3) is 0 Å². The van der Waals surface area contributed by atoms with Crippen LogP contribution in [0.4, 0.5) is 4.79 Å². The molecule has 9 heteroatoms. The molecule has 1 aliphatic rings. The van der Waals surface area contributed by atoms with Crippen molar-refractivity contribution in [2.24, 2.45) is 5.92 Å². The van der Waals surface area contributed by atoms with E-state index in [-0.39, 0.29) is 18.2 Å². The monoisotopic (exact) mass is 411 g/mol. The maximum absolute atomic E-state index is 12.3. The molecular weight excluding hydrogens is 386 g/mol. The number of aliphatic hydroxyl groups is 1. The Morgan fingerprint density at radius 1 is 1.21 bits per heavy atom. The summed E-state index contributed by atoms with van der Waals surface area (Å²) in [7, 11) is 3.33. The van der Waals surface area contributed by atoms with Crippen molar-refractivity contribution in [2.45, 2.75) is 44.2 Å². The molecule has 1 aromatic carbocycles. The number of halogens is 1. The van der Waals surface area contributed by atoms with E-state index < -0.39 is 24.1 Å². The van der Waals surface area contributed by atoms with Gasteiger partial charge in [0, 0.05) is 25.0 Å². The Morgan fingerprint density at radius 3 is 2.43 bits per heavy atom. The number of aliphatic hydroxyl groups excluding tert-OH is 1. The fraction of sp³-hybridized carbons (Fsp3) is 0.526. The number of hydrogen-bond acceptors (Lipinski definition) is 4. The number of rotatable bonds is 5. The van der Waals surface area contributed by atoms with Crippen molar-refractivity contribution in [3.8, 4) is 0 Å². The minimum atomic E-state index is -1.29. The average molecular weight is 412 g/mol. The summed E-state index contributed by atoms with van der Waals surface area (Å²) in [5, 5.41) is 21.1. The number of carbonyl (C=O) groups is 3. The van der Waals surface area contributed by atoms with Crippen molar-refractivity contribution in [3.05, 3.63) is 34.9 Å². The predicted octanol–water partition coefficient (Wildman–Crippen LogP) is 2.42. The topological polar surface area (TPSA) is 110 Å². The van der Waals surface area contributed by atoms with Crippen molar-refractivity contribution in [1.82, 2.24) is 15.3 Å². The molecule has 1 fully saturated rings. The van der Waals surface area contributed by atoms with Gasteiger partial charge < -0.3 is 15.1 Å². The molecule has 8 nitrogen and oxygen atoms in total. The van der Waals surface area contributed by atoms with E-state index in [1.165, 1.54) is 4.90 Å². The highest BCUT2D eigenvalue weighted by molar-refractivity contribution is 6.30. The molecule has 0 spiro atoms. The number of benzene rings is 1. The van der Waals surface area contributed by atoms with Gasteiger partial charge in [-0.05, 0) is 37.0 Å². The number of hydrazine groups is 1. The van der Waals surface area contributed by atoms with Crippen LogP contribution in [0.5, 0.6) is 0 Å². The third kappa shape index (κ3) is 5.84. The van der Waals surface area contributed by atoms with Crippen molar-refractivity contribution >= 4 is 29.5 Å². The van der Waals surface area contributed by atoms with Crippen molar-refractivity contribution in [3.63, 3.8) is 0 Å². The van der Waals surface area contributed by atoms with Crippen molar-refractivity contribution < 1.29 is 24.6 Å². The molecule has 3 N–H and O–H groups in total. The average Bonchev–Trinajstić information content (AvgIpc) is 2.65. The van der Waals surface area contributed by atoms with Crippen LogP contribution in [0, 0.1) is 5.92 Å². The Hall–Kier alpha value is -2.32. The van der Waals surface area contributed by atoms with Crippen LogP contribution in [0.15, 0.2) is 24.3 Å². The largest absolute Gasteiger partial charge is 0.464 e. The Labute approximate surface area is 169 Å². The van der Waals surface area contributed by atoms with Gasteiger partial charge in [-0.3, -0.25) is 15.0 Å². The van der Waals surface area contributed by atoms with Gasteiger partial charge in [-0.1, -0.05) is 30.2 Å². The lowest BCUT2D eigenvalue weighted by molar-refractivity contribution is -0.135. The van der Waals surface area contributed by atoms with Gasteiger partial charge in [-0.2, -0.15) is 0 Å². The van der Waals surface area contributed by atoms with Crippen molar-refractivity contribution in [1.29, 1.82) is 0 Å². The molecule has 1 aromatic rings. The Morgan fingerprint density at radius 2 is 1.86 bits per heavy atom. The highest BCUT2D eigenvalue weighted by atomic mass is 35.5. The molecule has 1 saturated carbocycles. The molecule has 0 heterocycles. The summed E-state index contributed by atoms with van der Waals surface area (Å²) in [6.45, 7) is 0. The van der Waals surface area contributed by atoms with Crippen LogP contribution >= 0.6 is 11.6 Å². The van der Waals surface area contributed by atoms with E-state index in [2.05, 4.69) is 5.43 Å². The number of nitrogens with one attached hydrogen (secondary N) is 1. The Kier molecular flexibility index (Phi) is 7.65. The van der Waals surface area contributed by atoms with E-state index in [1.54, 1.807) is 38.4 Å². The molecule has 2 unspecified atom stereocenters. The van der Waals surface area contributed by atoms with E-state index in [0.717, 1.165) is 5.01 Å². The van der Waals surface area contributed by atoms with Gasteiger partial charge in [0.15, 0.2) is 0 Å². The van der Waals surface area contributed by atoms with Gasteiger partial charge in [0.05, 0.1) is 18.6 Å². The second-order valence-corrected chi connectivity index (χ2v) is 7.65. The van der Waals surface area contributed by atoms with E-state index >= 15 is 0 Å². The number of amides is 3. The van der Waals surface area contributed by atoms with E-state index in [0.29, 0.717) is 36.3 Å². The van der Waals surface area contributed by atoms with E-state index in [1.807, 2.05) is 0 Å². The second kappa shape index (κ2) is 9.75. The third-order valence-corrected chi connectivity index (χ3v) is 5.14. The minimum Gasteiger partial charge on any atom is -0.464 e. The number of carbonyl (C=O) groups excluding carboxylic acids is 2. The van der Waals surface area contributed by atoms with Crippen LogP contribution in [-0.4, -0.2) is 58.2 Å². The first kappa shape index (κ1) is 22.0. The molecule has 0 saturated heterocycles. The maximum atomic E-state index is 12.3. The highest BCUT2D eigenvalue weighted by Crippen LogP contribution is 2.28. The van der Waals surface area contributed by atoms with Gasteiger partial charge in [0.25, 0.3) is 0 Å². The van der Waals surface area contributed by atoms with Crippen LogP contribution < -0.4 is 5.43 Å². The maximum Gasteiger partial charge on any atom is 0.426 e. The van der Waals surface area contributed by atoms with Crippen LogP contribution in [0.2, 0.25) is 5.02 Å². The van der Waals surface area contributed by atoms with E-state index in [9.17, 15) is 24.6 Å². The van der Waals surface area contributed by atoms with Crippen LogP contribution in [0.3, 0.4) is 0 Å². The molecule has 3 atom stereocenters. The van der Waals surface area contributed by atoms with Gasteiger partial charge in [-0.15, -0.1) is 0 Å². The first-order valence-corrected chi connectivity index (χ1v) is 9.53. The summed E-state index contributed by atoms with van der Waals surface area (Å²) in [4.78, 5) is 37.7. The molecule has 28 heavy (non-hydrogen) atoms. The van der Waals surface area contributed by atoms with Gasteiger partial charge in [-0.25, -0.2) is 9.80 Å². The minimum absolute atomic E-state index is 0.0421. The first-order chi connectivity index (χ1) is 13.2. The smallest absolute Gasteiger partial charge is 0.426 e. The molecule has 1 aliphatic carbocycles. The quantitative estimate of drug-likeness (QED) is 0.644. The zero-order chi connectivity index (χ0) is 20.8. The third-order valence-electron chi connectivity index (χ3n) is 4.89. The summed E-state index contributed by atoms with van der Waals surface area (Å²) in [5.41, 5.74) is 2.88. The van der Waals surface area contributed by atoms with Gasteiger partial charge in [0.1, 0.15) is 0 Å². The lowest BCUT2D eigenvalue weighted by atomic mass is 9.84. The first-order valence-electron chi connectivity index (χ1n) is 9.15. The van der Waals surface area contributed by atoms with Gasteiger partial charge in [0.2, 0.25) is 11.8 Å². The fourth-order valence-corrected chi connectivity index (χ4v) is 3.57. The Balaban J connectivity index is 1.99. The molecule has 3 amide bonds. The van der Waals surface area contributed by atoms with Crippen LogP contribution in [0.1, 0.15) is 43.8 Å². The molecular formula is C19H26ClN3O5. The molecule has 0 aliphatic heterocycles. The lowest BCUT2D eigenvalue weighted by Gasteiger charge is -2.36. The summed E-state index contributed by atoms with van der Waals surface area (Å²) >= 11 is 5.81.